The van der Waals surface area contributed by atoms with Crippen LogP contribution in [0.2, 0.25) is 0 Å². The van der Waals surface area contributed by atoms with Gasteiger partial charge >= 0.3 is 6.03 Å². The van der Waals surface area contributed by atoms with Crippen LogP contribution in [0.3, 0.4) is 0 Å². The number of nitrogens with zero attached hydrogens (tertiary/aromatic N) is 3. The van der Waals surface area contributed by atoms with E-state index < -0.39 is 5.82 Å². The third-order valence-corrected chi connectivity index (χ3v) is 17.7. The molecule has 2 saturated heterocycles. The topological polar surface area (TPSA) is 128 Å². The normalized spacial score (nSPS) is 19.2. The Kier molecular flexibility index (Phi) is 14.4. The number of hydrogen-bond acceptors (Lipinski definition) is 11. The van der Waals surface area contributed by atoms with Gasteiger partial charge in [-0.05, 0) is 136 Å². The van der Waals surface area contributed by atoms with Crippen molar-refractivity contribution in [3.8, 4) is 16.2 Å². The molecule has 2 aliphatic carbocycles. The lowest BCUT2D eigenvalue weighted by Crippen LogP contribution is -2.69. The average Bonchev–Trinajstić information content (AvgIpc) is 3.66. The van der Waals surface area contributed by atoms with E-state index in [-0.39, 0.29) is 52.3 Å². The number of carbonyl (C=O) groups excluding carboxylic acids is 5. The Balaban J connectivity index is 0.824. The summed E-state index contributed by atoms with van der Waals surface area (Å²) >= 11 is 2.97. The van der Waals surface area contributed by atoms with Crippen molar-refractivity contribution in [2.75, 3.05) is 42.3 Å². The van der Waals surface area contributed by atoms with Crippen molar-refractivity contribution in [1.82, 2.24) is 9.21 Å². The van der Waals surface area contributed by atoms with Crippen LogP contribution in [0.4, 0.5) is 26.2 Å². The number of thiophene rings is 1. The summed E-state index contributed by atoms with van der Waals surface area (Å²) in [6.45, 7) is 3.03. The van der Waals surface area contributed by atoms with Gasteiger partial charge in [0.15, 0.2) is 30.4 Å². The molecule has 2 amide bonds. The number of ether oxygens (including phenoxy) is 1. The predicted molar refractivity (Wildman–Crippen MR) is 271 cm³/mol. The van der Waals surface area contributed by atoms with Gasteiger partial charge in [-0.3, -0.25) is 14.4 Å². The van der Waals surface area contributed by atoms with Crippen molar-refractivity contribution in [3.05, 3.63) is 106 Å². The Morgan fingerprint density at radius 1 is 0.912 bits per heavy atom. The van der Waals surface area contributed by atoms with Crippen LogP contribution in [0.1, 0.15) is 121 Å². The lowest BCUT2D eigenvalue weighted by Gasteiger charge is -2.65. The van der Waals surface area contributed by atoms with Crippen molar-refractivity contribution in [2.24, 2.45) is 0 Å². The predicted octanol–water partition coefficient (Wildman–Crippen LogP) is 11.7. The zero-order valence-corrected chi connectivity index (χ0v) is 40.5. The van der Waals surface area contributed by atoms with Crippen LogP contribution < -0.4 is 20.3 Å². The molecule has 0 bridgehead atoms. The first-order chi connectivity index (χ1) is 33.1. The quantitative estimate of drug-likeness (QED) is 0.0647. The molecule has 1 aromatic heterocycles. The minimum absolute atomic E-state index is 0.0812. The number of rotatable bonds is 18. The summed E-state index contributed by atoms with van der Waals surface area (Å²) in [5.74, 6) is 0.248. The summed E-state index contributed by atoms with van der Waals surface area (Å²) in [7, 11) is 2.03. The zero-order valence-electron chi connectivity index (χ0n) is 38.8. The second-order valence-corrected chi connectivity index (χ2v) is 21.2. The van der Waals surface area contributed by atoms with Crippen LogP contribution in [0.25, 0.3) is 21.2 Å². The van der Waals surface area contributed by atoms with Gasteiger partial charge in [0.05, 0.1) is 4.88 Å². The Labute approximate surface area is 406 Å². The highest BCUT2D eigenvalue weighted by Gasteiger charge is 2.59. The van der Waals surface area contributed by atoms with Gasteiger partial charge in [0.1, 0.15) is 17.8 Å². The summed E-state index contributed by atoms with van der Waals surface area (Å²) < 4.78 is 23.6. The number of aldehydes is 4. The van der Waals surface area contributed by atoms with Crippen molar-refractivity contribution in [2.45, 2.75) is 119 Å². The van der Waals surface area contributed by atoms with Gasteiger partial charge in [0.25, 0.3) is 0 Å². The maximum Gasteiger partial charge on any atom is 0.321 e. The molecule has 9 rings (SSSR count). The van der Waals surface area contributed by atoms with Crippen LogP contribution in [-0.2, 0) is 15.3 Å². The maximum atomic E-state index is 15.5. The smallest absolute Gasteiger partial charge is 0.321 e. The molecule has 4 fully saturated rings. The number of nitrogens with one attached hydrogen (secondary N) is 2. The van der Waals surface area contributed by atoms with Gasteiger partial charge in [-0.1, -0.05) is 60.5 Å². The Hall–Kier alpha value is -5.57. The molecule has 4 aliphatic rings. The summed E-state index contributed by atoms with van der Waals surface area (Å²) in [5.41, 5.74) is 6.52. The number of piperidine rings is 2. The summed E-state index contributed by atoms with van der Waals surface area (Å²) in [6, 6.07) is 26.5. The number of anilines is 3. The minimum atomic E-state index is -0.625. The van der Waals surface area contributed by atoms with E-state index >= 15 is 4.39 Å². The van der Waals surface area contributed by atoms with Crippen molar-refractivity contribution in [1.29, 1.82) is 0 Å². The van der Waals surface area contributed by atoms with E-state index in [1.54, 1.807) is 0 Å². The van der Waals surface area contributed by atoms with E-state index in [9.17, 15) is 24.0 Å². The number of amides is 2. The first-order valence-electron chi connectivity index (χ1n) is 24.1. The summed E-state index contributed by atoms with van der Waals surface area (Å²) in [6.07, 6.45) is 14.8. The van der Waals surface area contributed by atoms with E-state index in [0.717, 1.165) is 115 Å². The fourth-order valence-electron chi connectivity index (χ4n) is 11.3. The summed E-state index contributed by atoms with van der Waals surface area (Å²) in [5, 5.41) is 9.06. The number of carbonyl (C=O) groups is 5. The van der Waals surface area contributed by atoms with Gasteiger partial charge < -0.3 is 30.0 Å². The van der Waals surface area contributed by atoms with Crippen LogP contribution in [0, 0.1) is 5.82 Å². The molecule has 1 unspecified atom stereocenters. The van der Waals surface area contributed by atoms with E-state index in [1.165, 1.54) is 24.0 Å². The highest BCUT2D eigenvalue weighted by Crippen LogP contribution is 2.59. The fraction of sp³-hybridized carbons (Fsp3) is 0.426. The molecule has 2 saturated carbocycles. The number of halogens is 1. The maximum absolute atomic E-state index is 15.5. The molecule has 2 aliphatic heterocycles. The number of fused-ring (bicyclic) bond motifs is 1. The number of benzene rings is 4. The average molecular weight is 958 g/mol. The van der Waals surface area contributed by atoms with Gasteiger partial charge in [-0.2, -0.15) is 0 Å². The lowest BCUT2D eigenvalue weighted by atomic mass is 9.61. The lowest BCUT2D eigenvalue weighted by molar-refractivity contribution is -0.109. The monoisotopic (exact) mass is 957 g/mol. The molecule has 5 aromatic rings. The molecule has 68 heavy (non-hydrogen) atoms. The molecule has 2 spiro atoms. The Morgan fingerprint density at radius 3 is 2.31 bits per heavy atom. The molecule has 2 N–H and O–H groups in total. The van der Waals surface area contributed by atoms with E-state index in [1.807, 2.05) is 72.4 Å². The van der Waals surface area contributed by atoms with Crippen LogP contribution in [0.5, 0.6) is 5.75 Å². The zero-order chi connectivity index (χ0) is 47.4. The minimum Gasteiger partial charge on any atom is -0.481 e. The van der Waals surface area contributed by atoms with Crippen molar-refractivity contribution in [3.63, 3.8) is 0 Å². The third-order valence-electron chi connectivity index (χ3n) is 15.1. The van der Waals surface area contributed by atoms with E-state index in [2.05, 4.69) is 57.1 Å². The van der Waals surface area contributed by atoms with Crippen LogP contribution >= 0.6 is 23.3 Å². The number of urea groups is 1. The molecule has 14 heteroatoms. The standard InChI is InChI=1S/C54H60FN5O6S2/c1-36(9-6-26-61)58(2)46-17-16-44(45-15-5-12-40(33-63)48(45)46)38-18-24-59(25-19-38)52(65)57-41-13-3-10-37(29-41)35-67-60-53(20-7-21-53)31-43(32-54(60)22-8-23-54)56-42-14-4-11-39(30-42)51-49(55)50(66-28-27-62)47(34-64)68-51/h3-5,10-17,26-27,29-30,33-34,36,38,43,56H,6-9,18-25,28,31-32,35H2,1-2H3,(H,57,65). The Bertz CT molecular complexity index is 2650. The van der Waals surface area contributed by atoms with Crippen LogP contribution in [-0.4, -0.2) is 90.3 Å². The Morgan fingerprint density at radius 2 is 1.63 bits per heavy atom. The second-order valence-electron chi connectivity index (χ2n) is 19.2. The van der Waals surface area contributed by atoms with Gasteiger partial charge in [0, 0.05) is 83.5 Å². The highest BCUT2D eigenvalue weighted by molar-refractivity contribution is 7.96. The molecule has 1 atom stereocenters. The second kappa shape index (κ2) is 20.6. The van der Waals surface area contributed by atoms with Gasteiger partial charge in [0.2, 0.25) is 0 Å². The third kappa shape index (κ3) is 9.43. The molecule has 11 nitrogen and oxygen atoms in total. The van der Waals surface area contributed by atoms with E-state index in [0.29, 0.717) is 48.1 Å². The number of hydrogen-bond donors (Lipinski definition) is 2. The van der Waals surface area contributed by atoms with Gasteiger partial charge in [-0.15, -0.1) is 11.3 Å². The largest absolute Gasteiger partial charge is 0.481 e. The van der Waals surface area contributed by atoms with Crippen LogP contribution in [0.15, 0.2) is 78.9 Å². The highest BCUT2D eigenvalue weighted by atomic mass is 32.2. The number of likely N-dealkylation sites (tertiary alicyclic amines) is 1. The molecular weight excluding hydrogens is 898 g/mol. The molecule has 4 aromatic carbocycles. The molecule has 356 valence electrons. The summed E-state index contributed by atoms with van der Waals surface area (Å²) in [4.78, 5) is 64.3. The first-order valence-corrected chi connectivity index (χ1v) is 25.8. The SMILES string of the molecule is CC(CCC=O)N(C)c1ccc(C2CCN(C(=O)Nc3cccc(CSN4C5(CCC5)CC(Nc5cccc(-c6sc(C=O)c(OCC=O)c6F)c5)CC45CCC5)c3)CC2)c2cccc(C=O)c12. The van der Waals surface area contributed by atoms with Crippen molar-refractivity contribution >= 4 is 82.3 Å². The van der Waals surface area contributed by atoms with Gasteiger partial charge in [-0.25, -0.2) is 13.5 Å². The van der Waals surface area contributed by atoms with Crippen molar-refractivity contribution < 1.29 is 33.1 Å². The van der Waals surface area contributed by atoms with E-state index in [4.69, 9.17) is 4.74 Å². The fourth-order valence-corrected chi connectivity index (χ4v) is 13.8. The molecular formula is C54H60FN5O6S2. The molecule has 3 heterocycles. The molecule has 0 radical (unpaired) electrons. The first kappa shape index (κ1) is 47.5.